The fraction of sp³-hybridized carbons (Fsp3) is 0.611. The lowest BCUT2D eigenvalue weighted by Gasteiger charge is -2.60. The van der Waals surface area contributed by atoms with Crippen molar-refractivity contribution in [3.05, 3.63) is 23.3 Å². The summed E-state index contributed by atoms with van der Waals surface area (Å²) in [6.45, 7) is 4.42. The van der Waals surface area contributed by atoms with Crippen molar-refractivity contribution in [3.8, 4) is 11.5 Å². The van der Waals surface area contributed by atoms with Crippen LogP contribution in [0.5, 0.6) is 11.5 Å². The highest BCUT2D eigenvalue weighted by Crippen LogP contribution is 2.61. The summed E-state index contributed by atoms with van der Waals surface area (Å²) in [4.78, 5) is 14.7. The fourth-order valence-electron chi connectivity index (χ4n) is 5.18. The Balaban J connectivity index is 2.05. The second-order valence-electron chi connectivity index (χ2n) is 7.49. The molecule has 0 radical (unpaired) electrons. The van der Waals surface area contributed by atoms with Crippen LogP contribution in [0.3, 0.4) is 0 Å². The average molecular weight is 333 g/mol. The van der Waals surface area contributed by atoms with Gasteiger partial charge in [0.1, 0.15) is 5.60 Å². The summed E-state index contributed by atoms with van der Waals surface area (Å²) >= 11 is 0. The van der Waals surface area contributed by atoms with Crippen molar-refractivity contribution in [2.75, 3.05) is 13.6 Å². The molecular weight excluding hydrogens is 310 g/mol. The third-order valence-electron chi connectivity index (χ3n) is 6.54. The number of benzene rings is 1. The molecule has 0 aromatic heterocycles. The van der Waals surface area contributed by atoms with Crippen LogP contribution < -0.4 is 4.74 Å². The molecule has 1 spiro atoms. The number of aliphatic hydroxyl groups excluding tert-OH is 1. The number of carbonyl (C=O) groups is 1. The molecule has 3 N–H and O–H groups in total. The van der Waals surface area contributed by atoms with Crippen LogP contribution in [-0.2, 0) is 10.2 Å². The van der Waals surface area contributed by atoms with E-state index in [-0.39, 0.29) is 29.7 Å². The molecule has 1 aliphatic carbocycles. The van der Waals surface area contributed by atoms with Crippen LogP contribution in [0.1, 0.15) is 30.9 Å². The predicted octanol–water partition coefficient (Wildman–Crippen LogP) is 0.488. The maximum absolute atomic E-state index is 12.7. The first-order valence-corrected chi connectivity index (χ1v) is 8.38. The van der Waals surface area contributed by atoms with Crippen molar-refractivity contribution in [2.45, 2.75) is 56.0 Å². The molecule has 1 aromatic carbocycles. The summed E-state index contributed by atoms with van der Waals surface area (Å²) < 4.78 is 5.90. The van der Waals surface area contributed by atoms with Gasteiger partial charge in [0.2, 0.25) is 0 Å². The summed E-state index contributed by atoms with van der Waals surface area (Å²) in [5.74, 6) is 0.0205. The van der Waals surface area contributed by atoms with E-state index in [0.717, 1.165) is 5.56 Å². The lowest BCUT2D eigenvalue weighted by Crippen LogP contribution is -2.78. The smallest absolute Gasteiger partial charge is 0.177 e. The number of Topliss-reactive ketones (excluding diaryl/α,β-unsaturated/α-hetero) is 1. The number of hydrogen-bond acceptors (Lipinski definition) is 6. The maximum atomic E-state index is 12.7. The lowest BCUT2D eigenvalue weighted by atomic mass is 9.51. The highest BCUT2D eigenvalue weighted by molar-refractivity contribution is 5.90. The number of hydrogen-bond donors (Lipinski definition) is 3. The van der Waals surface area contributed by atoms with Crippen molar-refractivity contribution in [2.24, 2.45) is 0 Å². The predicted molar refractivity (Wildman–Crippen MR) is 86.2 cm³/mol. The number of aliphatic hydroxyl groups is 2. The number of phenolic OH excluding ortho intramolecular Hbond substituents is 1. The number of aromatic hydroxyl groups is 1. The Morgan fingerprint density at radius 3 is 2.79 bits per heavy atom. The van der Waals surface area contributed by atoms with Gasteiger partial charge in [-0.3, -0.25) is 4.79 Å². The van der Waals surface area contributed by atoms with Crippen molar-refractivity contribution >= 4 is 5.78 Å². The molecule has 1 aromatic rings. The minimum atomic E-state index is -1.53. The van der Waals surface area contributed by atoms with Gasteiger partial charge in [-0.15, -0.1) is 0 Å². The number of piperidine rings is 1. The van der Waals surface area contributed by atoms with Gasteiger partial charge in [-0.05, 0) is 45.5 Å². The van der Waals surface area contributed by atoms with Crippen molar-refractivity contribution in [1.82, 2.24) is 4.90 Å². The molecule has 2 fully saturated rings. The zero-order valence-electron chi connectivity index (χ0n) is 14.1. The van der Waals surface area contributed by atoms with Gasteiger partial charge in [0, 0.05) is 18.0 Å². The van der Waals surface area contributed by atoms with Gasteiger partial charge in [0.25, 0.3) is 0 Å². The molecule has 2 heterocycles. The van der Waals surface area contributed by atoms with Crippen molar-refractivity contribution < 1.29 is 24.9 Å². The van der Waals surface area contributed by atoms with Gasteiger partial charge in [0.05, 0.1) is 11.5 Å². The lowest BCUT2D eigenvalue weighted by molar-refractivity contribution is -0.219. The van der Waals surface area contributed by atoms with E-state index in [0.29, 0.717) is 18.5 Å². The molecule has 24 heavy (non-hydrogen) atoms. The molecule has 6 nitrogen and oxygen atoms in total. The molecule has 1 saturated carbocycles. The van der Waals surface area contributed by atoms with Gasteiger partial charge >= 0.3 is 0 Å². The number of fused-ring (bicyclic) bond motifs is 1. The summed E-state index contributed by atoms with van der Waals surface area (Å²) in [6, 6.07) is 2.96. The standard InChI is InChI=1S/C18H23NO5/c1-9-4-5-11(20)15-14(9)17-6-7-19(3)10(2)18(17,23)13(22)8-12(21)16(17)24-15/h4-5,10,13,16,20,22-23H,6-8H2,1-3H3/t10-,13?,16+,17+,18?/m1/s1. The number of likely N-dealkylation sites (tertiary alicyclic amines) is 1. The summed E-state index contributed by atoms with van der Waals surface area (Å²) in [5, 5.41) is 32.7. The third kappa shape index (κ3) is 1.54. The van der Waals surface area contributed by atoms with Gasteiger partial charge in [-0.25, -0.2) is 0 Å². The van der Waals surface area contributed by atoms with Crippen LogP contribution in [-0.4, -0.2) is 63.4 Å². The molecule has 1 saturated heterocycles. The molecule has 2 unspecified atom stereocenters. The first-order chi connectivity index (χ1) is 11.2. The second kappa shape index (κ2) is 4.71. The molecule has 3 aliphatic rings. The van der Waals surface area contributed by atoms with E-state index in [2.05, 4.69) is 0 Å². The minimum Gasteiger partial charge on any atom is -0.504 e. The van der Waals surface area contributed by atoms with Crippen LogP contribution >= 0.6 is 0 Å². The Morgan fingerprint density at radius 1 is 1.38 bits per heavy atom. The van der Waals surface area contributed by atoms with E-state index in [1.807, 2.05) is 25.8 Å². The van der Waals surface area contributed by atoms with Gasteiger partial charge in [0.15, 0.2) is 23.4 Å². The second-order valence-corrected chi connectivity index (χ2v) is 7.49. The van der Waals surface area contributed by atoms with E-state index in [9.17, 15) is 20.1 Å². The van der Waals surface area contributed by atoms with Crippen LogP contribution in [0.4, 0.5) is 0 Å². The number of aryl methyl sites for hydroxylation is 1. The summed E-state index contributed by atoms with van der Waals surface area (Å²) in [6.07, 6.45) is -1.70. The minimum absolute atomic E-state index is 0.0319. The van der Waals surface area contributed by atoms with E-state index >= 15 is 0 Å². The molecule has 2 aliphatic heterocycles. The van der Waals surface area contributed by atoms with E-state index in [4.69, 9.17) is 4.74 Å². The number of carbonyl (C=O) groups excluding carboxylic acids is 1. The first-order valence-electron chi connectivity index (χ1n) is 8.38. The van der Waals surface area contributed by atoms with Gasteiger partial charge < -0.3 is 25.0 Å². The number of rotatable bonds is 0. The summed E-state index contributed by atoms with van der Waals surface area (Å²) in [7, 11) is 1.90. The van der Waals surface area contributed by atoms with Crippen LogP contribution in [0.15, 0.2) is 12.1 Å². The Bertz CT molecular complexity index is 734. The van der Waals surface area contributed by atoms with E-state index in [1.165, 1.54) is 0 Å². The normalized spacial score (nSPS) is 41.4. The number of phenols is 1. The molecule has 5 atom stereocenters. The zero-order chi connectivity index (χ0) is 17.4. The Hall–Kier alpha value is -1.63. The third-order valence-corrected chi connectivity index (χ3v) is 6.54. The van der Waals surface area contributed by atoms with E-state index < -0.39 is 23.2 Å². The summed E-state index contributed by atoms with van der Waals surface area (Å²) in [5.41, 5.74) is -1.04. The molecule has 6 heteroatoms. The maximum Gasteiger partial charge on any atom is 0.177 e. The Kier molecular flexibility index (Phi) is 3.12. The number of likely N-dealkylation sites (N-methyl/N-ethyl adjacent to an activating group) is 1. The molecule has 130 valence electrons. The van der Waals surface area contributed by atoms with Gasteiger partial charge in [-0.2, -0.15) is 0 Å². The monoisotopic (exact) mass is 333 g/mol. The molecule has 0 bridgehead atoms. The van der Waals surface area contributed by atoms with Crippen LogP contribution in [0.2, 0.25) is 0 Å². The van der Waals surface area contributed by atoms with Crippen LogP contribution in [0, 0.1) is 6.92 Å². The van der Waals surface area contributed by atoms with E-state index in [1.54, 1.807) is 12.1 Å². The molecular formula is C18H23NO5. The topological polar surface area (TPSA) is 90.2 Å². The fourth-order valence-corrected chi connectivity index (χ4v) is 5.18. The highest BCUT2D eigenvalue weighted by atomic mass is 16.5. The molecule has 0 amide bonds. The average Bonchev–Trinajstić information content (AvgIpc) is 2.90. The SMILES string of the molecule is Cc1ccc(O)c2c1[C@]13CCN(C)[C@H](C)C1(O)C(O)CC(=O)[C@@H]3O2. The van der Waals surface area contributed by atoms with Crippen molar-refractivity contribution in [3.63, 3.8) is 0 Å². The first kappa shape index (κ1) is 15.9. The Labute approximate surface area is 140 Å². The van der Waals surface area contributed by atoms with Gasteiger partial charge in [-0.1, -0.05) is 6.07 Å². The number of nitrogens with zero attached hydrogens (tertiary/aromatic N) is 1. The Morgan fingerprint density at radius 2 is 2.08 bits per heavy atom. The quantitative estimate of drug-likeness (QED) is 0.640. The zero-order valence-corrected chi connectivity index (χ0v) is 14.1. The molecule has 4 rings (SSSR count). The number of ketones is 1. The van der Waals surface area contributed by atoms with Crippen molar-refractivity contribution in [1.29, 1.82) is 0 Å². The highest BCUT2D eigenvalue weighted by Gasteiger charge is 2.73. The van der Waals surface area contributed by atoms with Crippen LogP contribution in [0.25, 0.3) is 0 Å². The largest absolute Gasteiger partial charge is 0.504 e. The number of ether oxygens (including phenoxy) is 1.